The number of pyridine rings is 1. The van der Waals surface area contributed by atoms with Gasteiger partial charge >= 0.3 is 0 Å². The molecular formula is C24H21N5O2S. The van der Waals surface area contributed by atoms with Crippen molar-refractivity contribution in [3.8, 4) is 22.3 Å². The van der Waals surface area contributed by atoms with Gasteiger partial charge in [0.05, 0.1) is 19.0 Å². The fourth-order valence-electron chi connectivity index (χ4n) is 3.74. The summed E-state index contributed by atoms with van der Waals surface area (Å²) < 4.78 is 27.6. The molecule has 160 valence electrons. The first-order valence-electron chi connectivity index (χ1n) is 10.1. The number of hydrogen-bond donors (Lipinski definition) is 2. The molecule has 8 heteroatoms. The number of nitrogens with one attached hydrogen (secondary N) is 2. The maximum atomic E-state index is 11.6. The molecule has 0 saturated carbocycles. The molecule has 32 heavy (non-hydrogen) atoms. The minimum Gasteiger partial charge on any atom is -0.346 e. The summed E-state index contributed by atoms with van der Waals surface area (Å²) in [5.41, 5.74) is 6.27. The Labute approximate surface area is 185 Å². The number of H-pyrrole nitrogens is 1. The third-order valence-electron chi connectivity index (χ3n) is 5.16. The van der Waals surface area contributed by atoms with E-state index in [2.05, 4.69) is 38.0 Å². The van der Waals surface area contributed by atoms with Crippen LogP contribution in [-0.4, -0.2) is 34.4 Å². The highest BCUT2D eigenvalue weighted by atomic mass is 32.2. The average Bonchev–Trinajstić information content (AvgIpc) is 3.39. The quantitative estimate of drug-likeness (QED) is 0.404. The van der Waals surface area contributed by atoms with Crippen molar-refractivity contribution in [2.45, 2.75) is 6.54 Å². The molecular weight excluding hydrogens is 422 g/mol. The van der Waals surface area contributed by atoms with Crippen LogP contribution in [0.5, 0.6) is 0 Å². The lowest BCUT2D eigenvalue weighted by atomic mass is 10.0. The molecule has 0 saturated heterocycles. The Kier molecular flexibility index (Phi) is 4.99. The number of aromatic amines is 1. The van der Waals surface area contributed by atoms with Crippen LogP contribution in [0.4, 0.5) is 5.69 Å². The van der Waals surface area contributed by atoms with Crippen LogP contribution < -0.4 is 4.72 Å². The summed E-state index contributed by atoms with van der Waals surface area (Å²) in [6.07, 6.45) is 8.74. The fraction of sp³-hybridized carbons (Fsp3) is 0.0833. The van der Waals surface area contributed by atoms with Crippen LogP contribution in [0.1, 0.15) is 5.56 Å². The zero-order valence-electron chi connectivity index (χ0n) is 17.4. The molecule has 3 heterocycles. The summed E-state index contributed by atoms with van der Waals surface area (Å²) in [6.45, 7) is 0.701. The number of benzene rings is 2. The molecule has 0 radical (unpaired) electrons. The van der Waals surface area contributed by atoms with Gasteiger partial charge in [-0.1, -0.05) is 42.5 Å². The molecule has 7 nitrogen and oxygen atoms in total. The van der Waals surface area contributed by atoms with Crippen molar-refractivity contribution in [3.63, 3.8) is 0 Å². The van der Waals surface area contributed by atoms with E-state index in [1.165, 1.54) is 5.56 Å². The van der Waals surface area contributed by atoms with Gasteiger partial charge in [0, 0.05) is 46.4 Å². The largest absolute Gasteiger partial charge is 0.346 e. The molecule has 2 N–H and O–H groups in total. The van der Waals surface area contributed by atoms with Crippen LogP contribution in [0, 0.1) is 0 Å². The number of aromatic nitrogens is 4. The number of rotatable bonds is 6. The summed E-state index contributed by atoms with van der Waals surface area (Å²) in [7, 11) is -3.34. The van der Waals surface area contributed by atoms with Crippen LogP contribution in [0.15, 0.2) is 85.5 Å². The van der Waals surface area contributed by atoms with E-state index in [0.29, 0.717) is 12.2 Å². The lowest BCUT2D eigenvalue weighted by molar-refractivity contribution is 0.607. The molecule has 2 aromatic carbocycles. The van der Waals surface area contributed by atoms with Gasteiger partial charge in [-0.15, -0.1) is 0 Å². The molecule has 0 aliphatic carbocycles. The second kappa shape index (κ2) is 7.97. The summed E-state index contributed by atoms with van der Waals surface area (Å²) in [5, 5.41) is 5.49. The predicted octanol–water partition coefficient (Wildman–Crippen LogP) is 4.51. The average molecular weight is 444 g/mol. The van der Waals surface area contributed by atoms with E-state index in [4.69, 9.17) is 0 Å². The minimum absolute atomic E-state index is 0.515. The summed E-state index contributed by atoms with van der Waals surface area (Å²) in [6, 6.07) is 19.5. The van der Waals surface area contributed by atoms with Gasteiger partial charge in [0.25, 0.3) is 0 Å². The maximum absolute atomic E-state index is 11.6. The SMILES string of the molecule is CS(=O)(=O)Nc1cccc(-c2cnc3[nH]cc(-c4cnn(Cc5ccccc5)c4)c3c2)c1. The van der Waals surface area contributed by atoms with Gasteiger partial charge in [0.2, 0.25) is 10.0 Å². The zero-order chi connectivity index (χ0) is 22.1. The van der Waals surface area contributed by atoms with Gasteiger partial charge in [0.15, 0.2) is 0 Å². The number of hydrogen-bond acceptors (Lipinski definition) is 4. The van der Waals surface area contributed by atoms with Crippen molar-refractivity contribution >= 4 is 26.7 Å². The van der Waals surface area contributed by atoms with E-state index < -0.39 is 10.0 Å². The van der Waals surface area contributed by atoms with Gasteiger partial charge in [-0.25, -0.2) is 13.4 Å². The van der Waals surface area contributed by atoms with E-state index in [-0.39, 0.29) is 0 Å². The Bertz CT molecular complexity index is 1500. The molecule has 5 rings (SSSR count). The van der Waals surface area contributed by atoms with E-state index in [1.54, 1.807) is 18.3 Å². The van der Waals surface area contributed by atoms with Crippen molar-refractivity contribution in [2.75, 3.05) is 11.0 Å². The fourth-order valence-corrected chi connectivity index (χ4v) is 4.29. The molecule has 5 aromatic rings. The van der Waals surface area contributed by atoms with Crippen molar-refractivity contribution < 1.29 is 8.42 Å². The normalized spacial score (nSPS) is 11.7. The van der Waals surface area contributed by atoms with Gasteiger partial charge in [-0.2, -0.15) is 5.10 Å². The monoisotopic (exact) mass is 443 g/mol. The summed E-state index contributed by atoms with van der Waals surface area (Å²) in [5.74, 6) is 0. The van der Waals surface area contributed by atoms with Crippen molar-refractivity contribution in [1.29, 1.82) is 0 Å². The molecule has 0 atom stereocenters. The van der Waals surface area contributed by atoms with Crippen LogP contribution in [-0.2, 0) is 16.6 Å². The zero-order valence-corrected chi connectivity index (χ0v) is 18.2. The van der Waals surface area contributed by atoms with E-state index in [0.717, 1.165) is 39.5 Å². The van der Waals surface area contributed by atoms with Crippen LogP contribution in [0.3, 0.4) is 0 Å². The number of sulfonamides is 1. The Morgan fingerprint density at radius 2 is 1.81 bits per heavy atom. The molecule has 0 spiro atoms. The Balaban J connectivity index is 1.48. The van der Waals surface area contributed by atoms with Gasteiger partial charge < -0.3 is 4.98 Å². The van der Waals surface area contributed by atoms with E-state index in [1.807, 2.05) is 53.6 Å². The third kappa shape index (κ3) is 4.26. The molecule has 0 amide bonds. The number of fused-ring (bicyclic) bond motifs is 1. The Morgan fingerprint density at radius 1 is 0.969 bits per heavy atom. The second-order valence-electron chi connectivity index (χ2n) is 7.69. The van der Waals surface area contributed by atoms with E-state index in [9.17, 15) is 8.42 Å². The Hall–Kier alpha value is -3.91. The summed E-state index contributed by atoms with van der Waals surface area (Å²) in [4.78, 5) is 7.79. The van der Waals surface area contributed by atoms with Crippen molar-refractivity contribution in [3.05, 3.63) is 91.0 Å². The number of nitrogens with zero attached hydrogens (tertiary/aromatic N) is 3. The van der Waals surface area contributed by atoms with Crippen LogP contribution in [0.2, 0.25) is 0 Å². The lowest BCUT2D eigenvalue weighted by Crippen LogP contribution is -2.09. The van der Waals surface area contributed by atoms with Crippen molar-refractivity contribution in [1.82, 2.24) is 19.7 Å². The van der Waals surface area contributed by atoms with Crippen LogP contribution >= 0.6 is 0 Å². The molecule has 0 bridgehead atoms. The van der Waals surface area contributed by atoms with Gasteiger partial charge in [0.1, 0.15) is 5.65 Å². The predicted molar refractivity (Wildman–Crippen MR) is 127 cm³/mol. The first kappa shape index (κ1) is 20.0. The standard InChI is InChI=1S/C24H21N5O2S/c1-32(30,31)28-21-9-5-8-18(10-21)19-11-22-23(14-26-24(22)25-12-19)20-13-27-29(16-20)15-17-6-3-2-4-7-17/h2-14,16,28H,15H2,1H3,(H,25,26). The summed E-state index contributed by atoms with van der Waals surface area (Å²) >= 11 is 0. The van der Waals surface area contributed by atoms with Gasteiger partial charge in [-0.05, 0) is 29.3 Å². The first-order valence-corrected chi connectivity index (χ1v) is 12.0. The molecule has 0 unspecified atom stereocenters. The maximum Gasteiger partial charge on any atom is 0.229 e. The lowest BCUT2D eigenvalue weighted by Gasteiger charge is -2.07. The van der Waals surface area contributed by atoms with Gasteiger partial charge in [-0.3, -0.25) is 9.40 Å². The molecule has 0 fully saturated rings. The minimum atomic E-state index is -3.34. The van der Waals surface area contributed by atoms with Crippen molar-refractivity contribution in [2.24, 2.45) is 0 Å². The molecule has 3 aromatic heterocycles. The smallest absolute Gasteiger partial charge is 0.229 e. The highest BCUT2D eigenvalue weighted by Crippen LogP contribution is 2.31. The van der Waals surface area contributed by atoms with Crippen LogP contribution in [0.25, 0.3) is 33.3 Å². The number of anilines is 1. The highest BCUT2D eigenvalue weighted by molar-refractivity contribution is 7.92. The van der Waals surface area contributed by atoms with E-state index >= 15 is 0 Å². The molecule has 0 aliphatic heterocycles. The first-order chi connectivity index (χ1) is 15.4. The highest BCUT2D eigenvalue weighted by Gasteiger charge is 2.12. The third-order valence-corrected chi connectivity index (χ3v) is 5.77. The molecule has 0 aliphatic rings. The Morgan fingerprint density at radius 3 is 2.62 bits per heavy atom. The second-order valence-corrected chi connectivity index (χ2v) is 9.44. The topological polar surface area (TPSA) is 92.7 Å².